The summed E-state index contributed by atoms with van der Waals surface area (Å²) in [7, 11) is -2.99. The van der Waals surface area contributed by atoms with Crippen molar-refractivity contribution in [2.45, 2.75) is 12.2 Å². The van der Waals surface area contributed by atoms with E-state index in [0.717, 1.165) is 5.56 Å². The molecule has 0 saturated carbocycles. The average Bonchev–Trinajstić information content (AvgIpc) is 2.15. The summed E-state index contributed by atoms with van der Waals surface area (Å²) in [6.45, 7) is 1.70. The number of sulfone groups is 1. The van der Waals surface area contributed by atoms with Crippen molar-refractivity contribution in [1.82, 2.24) is 0 Å². The van der Waals surface area contributed by atoms with Crippen molar-refractivity contribution in [2.24, 2.45) is 0 Å². The van der Waals surface area contributed by atoms with Crippen molar-refractivity contribution in [3.05, 3.63) is 42.0 Å². The minimum absolute atomic E-state index is 0.317. The Bertz CT molecular complexity index is 443. The van der Waals surface area contributed by atoms with Crippen LogP contribution in [-0.2, 0) is 9.84 Å². The number of benzene rings is 1. The molecule has 0 bridgehead atoms. The van der Waals surface area contributed by atoms with Gasteiger partial charge in [-0.05, 0) is 18.6 Å². The lowest BCUT2D eigenvalue weighted by molar-refractivity contribution is 0.597. The molecule has 0 radical (unpaired) electrons. The highest BCUT2D eigenvalue weighted by molar-refractivity contribution is 8.02. The van der Waals surface area contributed by atoms with Gasteiger partial charge in [0.15, 0.2) is 9.84 Å². The summed E-state index contributed by atoms with van der Waals surface area (Å²) in [4.78, 5) is 0.473. The number of hydrogen-bond donors (Lipinski definition) is 0. The van der Waals surface area contributed by atoms with E-state index < -0.39 is 9.84 Å². The molecule has 2 nitrogen and oxygen atoms in total. The lowest BCUT2D eigenvalue weighted by Gasteiger charge is -2.22. The van der Waals surface area contributed by atoms with E-state index in [1.165, 1.54) is 0 Å². The summed E-state index contributed by atoms with van der Waals surface area (Å²) in [6.07, 6.45) is 1.78. The SMILES string of the molecule is C[C@@H]1C=C(c2ccccc2)S1(=O)=O. The minimum atomic E-state index is -2.99. The highest BCUT2D eigenvalue weighted by Gasteiger charge is 2.34. The molecule has 1 aliphatic heterocycles. The first-order valence-corrected chi connectivity index (χ1v) is 5.68. The first-order valence-electron chi connectivity index (χ1n) is 4.13. The van der Waals surface area contributed by atoms with Crippen LogP contribution < -0.4 is 0 Å². The van der Waals surface area contributed by atoms with Gasteiger partial charge in [-0.15, -0.1) is 0 Å². The van der Waals surface area contributed by atoms with Gasteiger partial charge in [-0.3, -0.25) is 0 Å². The summed E-state index contributed by atoms with van der Waals surface area (Å²) in [5.74, 6) is 0. The zero-order valence-electron chi connectivity index (χ0n) is 7.27. The van der Waals surface area contributed by atoms with Crippen LogP contribution in [0.4, 0.5) is 0 Å². The third-order valence-corrected chi connectivity index (χ3v) is 4.34. The van der Waals surface area contributed by atoms with Gasteiger partial charge in [0.1, 0.15) is 0 Å². The fraction of sp³-hybridized carbons (Fsp3) is 0.200. The van der Waals surface area contributed by atoms with Gasteiger partial charge >= 0.3 is 0 Å². The Morgan fingerprint density at radius 1 is 1.15 bits per heavy atom. The molecule has 2 rings (SSSR count). The largest absolute Gasteiger partial charge is 0.223 e. The van der Waals surface area contributed by atoms with Crippen LogP contribution in [0.1, 0.15) is 12.5 Å². The van der Waals surface area contributed by atoms with Gasteiger partial charge < -0.3 is 0 Å². The predicted molar refractivity (Wildman–Crippen MR) is 52.8 cm³/mol. The molecule has 0 N–H and O–H groups in total. The van der Waals surface area contributed by atoms with Crippen molar-refractivity contribution < 1.29 is 8.42 Å². The average molecular weight is 194 g/mol. The van der Waals surface area contributed by atoms with Crippen LogP contribution in [-0.4, -0.2) is 13.7 Å². The van der Waals surface area contributed by atoms with Crippen molar-refractivity contribution in [2.75, 3.05) is 0 Å². The van der Waals surface area contributed by atoms with Crippen LogP contribution in [0, 0.1) is 0 Å². The maximum atomic E-state index is 11.5. The third-order valence-electron chi connectivity index (χ3n) is 2.24. The Labute approximate surface area is 77.8 Å². The smallest absolute Gasteiger partial charge is 0.184 e. The number of rotatable bonds is 1. The van der Waals surface area contributed by atoms with Crippen LogP contribution in [0.2, 0.25) is 0 Å². The van der Waals surface area contributed by atoms with Crippen molar-refractivity contribution in [3.63, 3.8) is 0 Å². The van der Waals surface area contributed by atoms with E-state index in [9.17, 15) is 8.42 Å². The summed E-state index contributed by atoms with van der Waals surface area (Å²) in [5, 5.41) is -0.317. The van der Waals surface area contributed by atoms with E-state index >= 15 is 0 Å². The lowest BCUT2D eigenvalue weighted by atomic mass is 10.2. The van der Waals surface area contributed by atoms with Crippen LogP contribution in [0.25, 0.3) is 4.91 Å². The third kappa shape index (κ3) is 1.20. The van der Waals surface area contributed by atoms with E-state index in [1.807, 2.05) is 30.3 Å². The molecule has 0 aliphatic carbocycles. The van der Waals surface area contributed by atoms with Gasteiger partial charge in [-0.2, -0.15) is 0 Å². The molecule has 1 heterocycles. The molecule has 1 atom stereocenters. The molecule has 0 spiro atoms. The second-order valence-corrected chi connectivity index (χ2v) is 5.42. The Hall–Kier alpha value is -1.09. The van der Waals surface area contributed by atoms with E-state index in [1.54, 1.807) is 13.0 Å². The zero-order valence-corrected chi connectivity index (χ0v) is 8.08. The Kier molecular flexibility index (Phi) is 1.77. The Morgan fingerprint density at radius 3 is 2.23 bits per heavy atom. The topological polar surface area (TPSA) is 34.1 Å². The van der Waals surface area contributed by atoms with Crippen molar-refractivity contribution in [3.8, 4) is 0 Å². The summed E-state index contributed by atoms with van der Waals surface area (Å²) >= 11 is 0. The highest BCUT2D eigenvalue weighted by Crippen LogP contribution is 2.34. The predicted octanol–water partition coefficient (Wildman–Crippen LogP) is 1.84. The molecule has 1 aliphatic rings. The second-order valence-electron chi connectivity index (χ2n) is 3.15. The molecule has 0 unspecified atom stereocenters. The van der Waals surface area contributed by atoms with Crippen molar-refractivity contribution >= 4 is 14.7 Å². The highest BCUT2D eigenvalue weighted by atomic mass is 32.2. The molecule has 13 heavy (non-hydrogen) atoms. The summed E-state index contributed by atoms with van der Waals surface area (Å²) in [6, 6.07) is 9.19. The van der Waals surface area contributed by atoms with Gasteiger partial charge in [0.05, 0.1) is 10.2 Å². The van der Waals surface area contributed by atoms with Crippen molar-refractivity contribution in [1.29, 1.82) is 0 Å². The molecular weight excluding hydrogens is 184 g/mol. The van der Waals surface area contributed by atoms with Crippen LogP contribution >= 0.6 is 0 Å². The Morgan fingerprint density at radius 2 is 1.77 bits per heavy atom. The Balaban J connectivity index is 2.48. The van der Waals surface area contributed by atoms with Crippen LogP contribution in [0.3, 0.4) is 0 Å². The standard InChI is InChI=1S/C10H10O2S/c1-8-7-10(13(8,11)12)9-5-3-2-4-6-9/h2-8H,1H3/t8-/m1/s1. The first-order chi connectivity index (χ1) is 6.12. The lowest BCUT2D eigenvalue weighted by Crippen LogP contribution is -2.26. The second kappa shape index (κ2) is 2.70. The van der Waals surface area contributed by atoms with Gasteiger partial charge in [-0.1, -0.05) is 30.3 Å². The molecule has 0 fully saturated rings. The molecule has 68 valence electrons. The maximum absolute atomic E-state index is 11.5. The molecule has 0 amide bonds. The molecule has 1 aromatic rings. The van der Waals surface area contributed by atoms with E-state index in [4.69, 9.17) is 0 Å². The van der Waals surface area contributed by atoms with Gasteiger partial charge in [0, 0.05) is 0 Å². The van der Waals surface area contributed by atoms with Crippen LogP contribution in [0.15, 0.2) is 36.4 Å². The normalized spacial score (nSPS) is 24.7. The molecule has 3 heteroatoms. The fourth-order valence-electron chi connectivity index (χ4n) is 1.39. The van der Waals surface area contributed by atoms with E-state index in [0.29, 0.717) is 4.91 Å². The fourth-order valence-corrected chi connectivity index (χ4v) is 2.74. The molecule has 0 aromatic heterocycles. The van der Waals surface area contributed by atoms with E-state index in [-0.39, 0.29) is 5.25 Å². The quantitative estimate of drug-likeness (QED) is 0.683. The summed E-state index contributed by atoms with van der Waals surface area (Å²) < 4.78 is 23.0. The molecular formula is C10H10O2S. The number of hydrogen-bond acceptors (Lipinski definition) is 2. The van der Waals surface area contributed by atoms with Gasteiger partial charge in [-0.25, -0.2) is 8.42 Å². The zero-order chi connectivity index (χ0) is 9.47. The molecule has 1 aromatic carbocycles. The van der Waals surface area contributed by atoms with E-state index in [2.05, 4.69) is 0 Å². The van der Waals surface area contributed by atoms with Gasteiger partial charge in [0.25, 0.3) is 0 Å². The van der Waals surface area contributed by atoms with Crippen LogP contribution in [0.5, 0.6) is 0 Å². The maximum Gasteiger partial charge on any atom is 0.184 e. The monoisotopic (exact) mass is 194 g/mol. The summed E-state index contributed by atoms with van der Waals surface area (Å²) in [5.41, 5.74) is 0.792. The van der Waals surface area contributed by atoms with Gasteiger partial charge in [0.2, 0.25) is 0 Å². The molecule has 0 saturated heterocycles. The first kappa shape index (κ1) is 8.51. The minimum Gasteiger partial charge on any atom is -0.223 e.